The lowest BCUT2D eigenvalue weighted by Crippen LogP contribution is -2.34. The van der Waals surface area contributed by atoms with Crippen LogP contribution in [0.25, 0.3) is 0 Å². The molecule has 0 bridgehead atoms. The van der Waals surface area contributed by atoms with E-state index in [2.05, 4.69) is 46.4 Å². The molecule has 3 heteroatoms. The molecule has 1 N–H and O–H groups in total. The quantitative estimate of drug-likeness (QED) is 0.895. The largest absolute Gasteiger partial charge is 0.493 e. The number of nitrogens with one attached hydrogen (secondary N) is 1. The lowest BCUT2D eigenvalue weighted by molar-refractivity contribution is 0.177. The van der Waals surface area contributed by atoms with Gasteiger partial charge in [-0.05, 0) is 63.3 Å². The molecule has 1 unspecified atom stereocenters. The molecule has 1 aliphatic heterocycles. The average molecular weight is 324 g/mol. The second-order valence-electron chi connectivity index (χ2n) is 6.11. The van der Waals surface area contributed by atoms with Gasteiger partial charge in [-0.2, -0.15) is 0 Å². The van der Waals surface area contributed by atoms with E-state index in [-0.39, 0.29) is 5.54 Å². The third-order valence-electron chi connectivity index (χ3n) is 4.60. The predicted molar refractivity (Wildman–Crippen MR) is 81.6 cm³/mol. The summed E-state index contributed by atoms with van der Waals surface area (Å²) in [6.45, 7) is 4.27. The highest BCUT2D eigenvalue weighted by Gasteiger charge is 2.33. The van der Waals surface area contributed by atoms with E-state index in [1.54, 1.807) is 0 Å². The van der Waals surface area contributed by atoms with Gasteiger partial charge in [0.1, 0.15) is 5.75 Å². The molecule has 0 radical (unpaired) electrons. The zero-order valence-corrected chi connectivity index (χ0v) is 13.1. The highest BCUT2D eigenvalue weighted by atomic mass is 79.9. The van der Waals surface area contributed by atoms with Gasteiger partial charge in [-0.3, -0.25) is 0 Å². The highest BCUT2D eigenvalue weighted by molar-refractivity contribution is 9.10. The molecule has 2 fully saturated rings. The van der Waals surface area contributed by atoms with E-state index in [1.165, 1.54) is 37.7 Å². The molecule has 0 spiro atoms. The van der Waals surface area contributed by atoms with Gasteiger partial charge in [0.2, 0.25) is 0 Å². The van der Waals surface area contributed by atoms with Crippen molar-refractivity contribution in [2.75, 3.05) is 13.2 Å². The molecule has 1 aromatic rings. The molecule has 1 aliphatic carbocycles. The fourth-order valence-electron chi connectivity index (χ4n) is 3.05. The second kappa shape index (κ2) is 5.45. The lowest BCUT2D eigenvalue weighted by Gasteiger charge is -2.30. The van der Waals surface area contributed by atoms with E-state index in [4.69, 9.17) is 4.74 Å². The minimum absolute atomic E-state index is 0.0682. The van der Waals surface area contributed by atoms with Gasteiger partial charge in [-0.1, -0.05) is 22.4 Å². The van der Waals surface area contributed by atoms with Crippen LogP contribution in [0.5, 0.6) is 5.75 Å². The molecular formula is C16H22BrNO. The number of benzene rings is 1. The maximum absolute atomic E-state index is 6.11. The van der Waals surface area contributed by atoms with Crippen LogP contribution in [0.15, 0.2) is 22.7 Å². The maximum atomic E-state index is 6.11. The Kier molecular flexibility index (Phi) is 3.86. The summed E-state index contributed by atoms with van der Waals surface area (Å²) in [6.07, 6.45) is 6.47. The zero-order valence-electron chi connectivity index (χ0n) is 11.5. The first kappa shape index (κ1) is 13.4. The summed E-state index contributed by atoms with van der Waals surface area (Å²) >= 11 is 3.59. The minimum Gasteiger partial charge on any atom is -0.493 e. The van der Waals surface area contributed by atoms with E-state index in [1.807, 2.05) is 0 Å². The molecule has 104 valence electrons. The Labute approximate surface area is 124 Å². The fourth-order valence-corrected chi connectivity index (χ4v) is 3.41. The van der Waals surface area contributed by atoms with Crippen molar-refractivity contribution in [2.45, 2.75) is 44.6 Å². The third-order valence-corrected chi connectivity index (χ3v) is 5.10. The number of hydrogen-bond acceptors (Lipinski definition) is 2. The molecule has 1 aromatic carbocycles. The van der Waals surface area contributed by atoms with E-state index in [0.717, 1.165) is 29.3 Å². The molecule has 2 nitrogen and oxygen atoms in total. The van der Waals surface area contributed by atoms with Crippen LogP contribution in [-0.2, 0) is 5.54 Å². The Balaban J connectivity index is 1.81. The topological polar surface area (TPSA) is 21.3 Å². The summed E-state index contributed by atoms with van der Waals surface area (Å²) in [4.78, 5) is 0. The van der Waals surface area contributed by atoms with Gasteiger partial charge in [0.15, 0.2) is 0 Å². The molecule has 0 amide bonds. The van der Waals surface area contributed by atoms with Crippen LogP contribution in [0.3, 0.4) is 0 Å². The first-order valence-electron chi connectivity index (χ1n) is 7.35. The molecule has 2 aliphatic rings. The summed E-state index contributed by atoms with van der Waals surface area (Å²) in [5.74, 6) is 1.84. The zero-order chi connectivity index (χ0) is 13.3. The normalized spacial score (nSPS) is 27.3. The molecule has 1 heterocycles. The van der Waals surface area contributed by atoms with Crippen LogP contribution in [0, 0.1) is 5.92 Å². The summed E-state index contributed by atoms with van der Waals surface area (Å²) in [5.41, 5.74) is 1.37. The highest BCUT2D eigenvalue weighted by Crippen LogP contribution is 2.38. The minimum atomic E-state index is 0.0682. The maximum Gasteiger partial charge on any atom is 0.124 e. The molecule has 1 saturated carbocycles. The Morgan fingerprint density at radius 1 is 1.37 bits per heavy atom. The smallest absolute Gasteiger partial charge is 0.124 e. The number of ether oxygens (including phenoxy) is 1. The second-order valence-corrected chi connectivity index (χ2v) is 7.03. The molecule has 0 aromatic heterocycles. The first-order valence-corrected chi connectivity index (χ1v) is 8.14. The predicted octanol–water partition coefficient (Wildman–Crippen LogP) is 4.23. The number of hydrogen-bond donors (Lipinski definition) is 1. The molecule has 1 atom stereocenters. The van der Waals surface area contributed by atoms with Gasteiger partial charge in [0.05, 0.1) is 6.61 Å². The summed E-state index contributed by atoms with van der Waals surface area (Å²) in [7, 11) is 0. The van der Waals surface area contributed by atoms with Crippen molar-refractivity contribution in [1.29, 1.82) is 0 Å². The van der Waals surface area contributed by atoms with Crippen LogP contribution < -0.4 is 10.1 Å². The van der Waals surface area contributed by atoms with Crippen molar-refractivity contribution in [1.82, 2.24) is 5.32 Å². The number of halogens is 1. The van der Waals surface area contributed by atoms with Crippen molar-refractivity contribution in [3.8, 4) is 5.75 Å². The molecule has 19 heavy (non-hydrogen) atoms. The molecular weight excluding hydrogens is 302 g/mol. The van der Waals surface area contributed by atoms with E-state index < -0.39 is 0 Å². The Bertz CT molecular complexity index is 450. The molecule has 3 rings (SSSR count). The summed E-state index contributed by atoms with van der Waals surface area (Å²) in [5, 5.41) is 3.63. The van der Waals surface area contributed by atoms with Gasteiger partial charge in [0, 0.05) is 15.6 Å². The van der Waals surface area contributed by atoms with Crippen LogP contribution in [0.1, 0.15) is 44.6 Å². The lowest BCUT2D eigenvalue weighted by atomic mass is 9.86. The molecule has 1 saturated heterocycles. The fraction of sp³-hybridized carbons (Fsp3) is 0.625. The van der Waals surface area contributed by atoms with Crippen molar-refractivity contribution in [2.24, 2.45) is 5.92 Å². The Morgan fingerprint density at radius 2 is 2.21 bits per heavy atom. The third kappa shape index (κ3) is 2.82. The van der Waals surface area contributed by atoms with Crippen molar-refractivity contribution < 1.29 is 4.74 Å². The van der Waals surface area contributed by atoms with Gasteiger partial charge in [0.25, 0.3) is 0 Å². The van der Waals surface area contributed by atoms with Gasteiger partial charge < -0.3 is 10.1 Å². The van der Waals surface area contributed by atoms with E-state index >= 15 is 0 Å². The summed E-state index contributed by atoms with van der Waals surface area (Å²) in [6, 6.07) is 6.41. The van der Waals surface area contributed by atoms with Crippen LogP contribution in [-0.4, -0.2) is 13.2 Å². The Hall–Kier alpha value is -0.540. The van der Waals surface area contributed by atoms with E-state index in [0.29, 0.717) is 0 Å². The summed E-state index contributed by atoms with van der Waals surface area (Å²) < 4.78 is 7.25. The van der Waals surface area contributed by atoms with Crippen LogP contribution in [0.2, 0.25) is 0 Å². The van der Waals surface area contributed by atoms with Crippen LogP contribution >= 0.6 is 15.9 Å². The van der Waals surface area contributed by atoms with Gasteiger partial charge in [-0.25, -0.2) is 0 Å². The monoisotopic (exact) mass is 323 g/mol. The van der Waals surface area contributed by atoms with Gasteiger partial charge >= 0.3 is 0 Å². The van der Waals surface area contributed by atoms with Crippen molar-refractivity contribution >= 4 is 15.9 Å². The average Bonchev–Trinajstić information content (AvgIpc) is 2.77. The SMILES string of the molecule is CC1(c2cc(Br)ccc2OCC2CCC2)CCCN1. The standard InChI is InChI=1S/C16H22BrNO/c1-16(8-3-9-18-16)14-10-13(17)6-7-15(14)19-11-12-4-2-5-12/h6-7,10,12,18H,2-5,8-9,11H2,1H3. The van der Waals surface area contributed by atoms with Crippen molar-refractivity contribution in [3.05, 3.63) is 28.2 Å². The first-order chi connectivity index (χ1) is 9.17. The van der Waals surface area contributed by atoms with E-state index in [9.17, 15) is 0 Å². The van der Waals surface area contributed by atoms with Gasteiger partial charge in [-0.15, -0.1) is 0 Å². The Morgan fingerprint density at radius 3 is 2.84 bits per heavy atom. The van der Waals surface area contributed by atoms with Crippen LogP contribution in [0.4, 0.5) is 0 Å². The van der Waals surface area contributed by atoms with Crippen molar-refractivity contribution in [3.63, 3.8) is 0 Å². The number of rotatable bonds is 4.